The van der Waals surface area contributed by atoms with Gasteiger partial charge in [-0.3, -0.25) is 9.59 Å². The van der Waals surface area contributed by atoms with E-state index in [-0.39, 0.29) is 33.0 Å². The number of carboxylic acids is 1. The molecule has 3 fully saturated rings. The highest BCUT2D eigenvalue weighted by Crippen LogP contribution is 2.61. The Morgan fingerprint density at radius 3 is 2.76 bits per heavy atom. The average molecular weight is 505 g/mol. The molecule has 0 spiro atoms. The van der Waals surface area contributed by atoms with E-state index in [1.54, 1.807) is 17.5 Å². The van der Waals surface area contributed by atoms with Gasteiger partial charge in [0.2, 0.25) is 9.84 Å². The van der Waals surface area contributed by atoms with Gasteiger partial charge in [-0.25, -0.2) is 8.42 Å². The molecule has 5 rings (SSSR count). The third kappa shape index (κ3) is 4.86. The number of carbonyl (C=O) groups excluding carboxylic acids is 1. The van der Waals surface area contributed by atoms with E-state index in [1.807, 2.05) is 6.08 Å². The number of carbonyl (C=O) groups is 2. The first-order valence-electron chi connectivity index (χ1n) is 11.8. The molecule has 2 aromatic rings. The lowest BCUT2D eigenvalue weighted by Gasteiger charge is -2.62. The maximum absolute atomic E-state index is 13.1. The van der Waals surface area contributed by atoms with Crippen LogP contribution >= 0.6 is 11.3 Å². The molecule has 2 aromatic heterocycles. The van der Waals surface area contributed by atoms with Crippen molar-refractivity contribution in [3.63, 3.8) is 0 Å². The molecule has 0 aliphatic heterocycles. The van der Waals surface area contributed by atoms with Crippen LogP contribution in [0, 0.1) is 23.2 Å². The van der Waals surface area contributed by atoms with E-state index in [0.29, 0.717) is 29.7 Å². The van der Waals surface area contributed by atoms with Crippen LogP contribution in [0.5, 0.6) is 0 Å². The summed E-state index contributed by atoms with van der Waals surface area (Å²) in [7, 11) is -3.66. The van der Waals surface area contributed by atoms with Crippen molar-refractivity contribution in [2.24, 2.45) is 23.2 Å². The summed E-state index contributed by atoms with van der Waals surface area (Å²) in [6.45, 7) is 4.54. The number of amides is 1. The van der Waals surface area contributed by atoms with Crippen LogP contribution in [-0.4, -0.2) is 36.4 Å². The Kier molecular flexibility index (Phi) is 7.05. The first kappa shape index (κ1) is 24.7. The van der Waals surface area contributed by atoms with Crippen molar-refractivity contribution in [3.8, 4) is 0 Å². The van der Waals surface area contributed by atoms with E-state index < -0.39 is 15.8 Å². The normalized spacial score (nSPS) is 25.7. The fraction of sp³-hybridized carbons (Fsp3) is 0.520. The Labute approximate surface area is 204 Å². The number of aromatic nitrogens is 1. The fourth-order valence-corrected chi connectivity index (χ4v) is 7.91. The molecule has 1 unspecified atom stereocenters. The number of hydrogen-bond donors (Lipinski definition) is 3. The Bertz CT molecular complexity index is 1160. The second-order valence-corrected chi connectivity index (χ2v) is 13.1. The first-order valence-corrected chi connectivity index (χ1v) is 14.1. The number of carboxylic acid groups (broad SMARTS) is 1. The molecule has 1 amide bonds. The Balaban J connectivity index is 1.43. The Hall–Kier alpha value is -2.39. The summed E-state index contributed by atoms with van der Waals surface area (Å²) in [5.74, 6) is 0.303. The van der Waals surface area contributed by atoms with Gasteiger partial charge in [0, 0.05) is 18.7 Å². The fourth-order valence-electron chi connectivity index (χ4n) is 5.55. The van der Waals surface area contributed by atoms with E-state index in [9.17, 15) is 18.0 Å². The van der Waals surface area contributed by atoms with Gasteiger partial charge >= 0.3 is 5.97 Å². The van der Waals surface area contributed by atoms with Crippen LogP contribution in [0.1, 0.15) is 62.7 Å². The van der Waals surface area contributed by atoms with Crippen LogP contribution < -0.4 is 5.32 Å². The van der Waals surface area contributed by atoms with Crippen LogP contribution in [0.2, 0.25) is 0 Å². The topological polar surface area (TPSA) is 116 Å². The predicted octanol–water partition coefficient (Wildman–Crippen LogP) is 4.89. The second kappa shape index (κ2) is 9.70. The monoisotopic (exact) mass is 504 g/mol. The van der Waals surface area contributed by atoms with E-state index >= 15 is 0 Å². The third-order valence-electron chi connectivity index (χ3n) is 7.71. The standard InChI is InChI=1S/C25H32N2O5S2/c1-25(2)18-12-16(8-5-3-4-6-9-21(28)29)23(19(25)14-18)27-24(30)17-13-20(26-15-17)34(31,32)22-10-7-11-33-22/h3,5,7,10-11,13,15-16,18-19,23,26H,4,6,8-9,12,14H2,1-2H3,(H,27,30)(H,28,29)/b5-3-/t16-,18-,19-,23?/m0/s1. The van der Waals surface area contributed by atoms with Gasteiger partial charge in [0.05, 0.1) is 5.56 Å². The van der Waals surface area contributed by atoms with Gasteiger partial charge in [-0.2, -0.15) is 0 Å². The van der Waals surface area contributed by atoms with Crippen LogP contribution in [0.15, 0.2) is 51.2 Å². The SMILES string of the molecule is CC1(C)[C@H]2C[C@H](C/C=C\CCCC(=O)O)C(NC(=O)c3c[nH]c(S(=O)(=O)c4cccs4)c3)[C@@H]1C2. The van der Waals surface area contributed by atoms with E-state index in [1.165, 1.54) is 12.3 Å². The minimum atomic E-state index is -3.66. The number of unbranched alkanes of at least 4 members (excludes halogenated alkanes) is 1. The second-order valence-electron chi connectivity index (χ2n) is 10.0. The van der Waals surface area contributed by atoms with Gasteiger partial charge in [0.25, 0.3) is 5.91 Å². The summed E-state index contributed by atoms with van der Waals surface area (Å²) < 4.78 is 25.8. The number of fused-ring (bicyclic) bond motifs is 2. The van der Waals surface area contributed by atoms with Crippen LogP contribution in [0.25, 0.3) is 0 Å². The number of aliphatic carboxylic acids is 1. The molecule has 0 aromatic carbocycles. The molecule has 3 saturated carbocycles. The lowest BCUT2D eigenvalue weighted by molar-refractivity contribution is -0.137. The number of allylic oxidation sites excluding steroid dienone is 2. The van der Waals surface area contributed by atoms with Gasteiger partial charge in [-0.1, -0.05) is 32.1 Å². The summed E-state index contributed by atoms with van der Waals surface area (Å²) in [6, 6.07) is 4.67. The predicted molar refractivity (Wildman–Crippen MR) is 131 cm³/mol. The van der Waals surface area contributed by atoms with Gasteiger partial charge < -0.3 is 15.4 Å². The van der Waals surface area contributed by atoms with Crippen molar-refractivity contribution in [2.75, 3.05) is 0 Å². The average Bonchev–Trinajstić information content (AvgIpc) is 3.49. The van der Waals surface area contributed by atoms with Crippen LogP contribution in [0.3, 0.4) is 0 Å². The Morgan fingerprint density at radius 1 is 1.29 bits per heavy atom. The molecule has 0 saturated heterocycles. The molecular formula is C25H32N2O5S2. The molecule has 3 aliphatic rings. The maximum atomic E-state index is 13.1. The number of rotatable bonds is 10. The van der Waals surface area contributed by atoms with Gasteiger partial charge in [0.1, 0.15) is 9.24 Å². The van der Waals surface area contributed by atoms with Crippen molar-refractivity contribution in [1.29, 1.82) is 0 Å². The van der Waals surface area contributed by atoms with Gasteiger partial charge in [-0.15, -0.1) is 11.3 Å². The van der Waals surface area contributed by atoms with Crippen molar-refractivity contribution in [2.45, 2.75) is 67.6 Å². The maximum Gasteiger partial charge on any atom is 0.303 e. The minimum absolute atomic E-state index is 0.0171. The molecule has 34 heavy (non-hydrogen) atoms. The van der Waals surface area contributed by atoms with E-state index in [4.69, 9.17) is 5.11 Å². The zero-order chi connectivity index (χ0) is 24.5. The quantitative estimate of drug-likeness (QED) is 0.315. The lowest BCUT2D eigenvalue weighted by atomic mass is 9.44. The summed E-state index contributed by atoms with van der Waals surface area (Å²) in [5.41, 5.74) is 0.489. The highest BCUT2D eigenvalue weighted by molar-refractivity contribution is 7.93. The number of hydrogen-bond acceptors (Lipinski definition) is 5. The zero-order valence-electron chi connectivity index (χ0n) is 19.5. The number of nitrogens with one attached hydrogen (secondary N) is 2. The molecule has 4 atom stereocenters. The molecule has 3 N–H and O–H groups in total. The molecule has 184 valence electrons. The molecule has 2 heterocycles. The molecule has 3 aliphatic carbocycles. The number of sulfone groups is 1. The molecule has 0 radical (unpaired) electrons. The summed E-state index contributed by atoms with van der Waals surface area (Å²) >= 11 is 1.15. The summed E-state index contributed by atoms with van der Waals surface area (Å²) in [6.07, 6.45) is 10.1. The minimum Gasteiger partial charge on any atom is -0.481 e. The molecule has 9 heteroatoms. The smallest absolute Gasteiger partial charge is 0.303 e. The van der Waals surface area contributed by atoms with Gasteiger partial charge in [-0.05, 0) is 72.8 Å². The van der Waals surface area contributed by atoms with Crippen molar-refractivity contribution in [1.82, 2.24) is 10.3 Å². The Morgan fingerprint density at radius 2 is 2.09 bits per heavy atom. The number of aromatic amines is 1. The zero-order valence-corrected chi connectivity index (χ0v) is 21.1. The highest BCUT2D eigenvalue weighted by Gasteiger charge is 2.57. The van der Waals surface area contributed by atoms with Crippen LogP contribution in [0.4, 0.5) is 0 Å². The molecular weight excluding hydrogens is 472 g/mol. The van der Waals surface area contributed by atoms with Crippen molar-refractivity contribution < 1.29 is 23.1 Å². The first-order chi connectivity index (χ1) is 16.1. The van der Waals surface area contributed by atoms with Crippen LogP contribution in [-0.2, 0) is 14.6 Å². The van der Waals surface area contributed by atoms with E-state index in [0.717, 1.165) is 37.0 Å². The summed E-state index contributed by atoms with van der Waals surface area (Å²) in [5, 5.41) is 13.7. The lowest BCUT2D eigenvalue weighted by Crippen LogP contribution is -2.63. The highest BCUT2D eigenvalue weighted by atomic mass is 32.2. The molecule has 7 nitrogen and oxygen atoms in total. The third-order valence-corrected chi connectivity index (χ3v) is 10.8. The van der Waals surface area contributed by atoms with E-state index in [2.05, 4.69) is 30.2 Å². The van der Waals surface area contributed by atoms with Gasteiger partial charge in [0.15, 0.2) is 0 Å². The molecule has 2 bridgehead atoms. The largest absolute Gasteiger partial charge is 0.481 e. The summed E-state index contributed by atoms with van der Waals surface area (Å²) in [4.78, 5) is 26.6. The number of thiophene rings is 1. The van der Waals surface area contributed by atoms with Crippen molar-refractivity contribution in [3.05, 3.63) is 47.5 Å². The number of H-pyrrole nitrogens is 1. The van der Waals surface area contributed by atoms with Crippen molar-refractivity contribution >= 4 is 33.1 Å².